The second kappa shape index (κ2) is 5.61. The van der Waals surface area contributed by atoms with Crippen LogP contribution < -0.4 is 5.56 Å². The van der Waals surface area contributed by atoms with Crippen molar-refractivity contribution in [3.05, 3.63) is 21.1 Å². The number of nitrogens with zero attached hydrogens (tertiary/aromatic N) is 2. The maximum Gasteiger partial charge on any atom is 0.286 e. The van der Waals surface area contributed by atoms with Crippen molar-refractivity contribution in [1.29, 1.82) is 0 Å². The summed E-state index contributed by atoms with van der Waals surface area (Å²) in [4.78, 5) is 12.2. The second-order valence-corrected chi connectivity index (χ2v) is 5.49. The molecule has 1 aromatic rings. The molecule has 0 bridgehead atoms. The van der Waals surface area contributed by atoms with Crippen molar-refractivity contribution < 1.29 is 0 Å². The van der Waals surface area contributed by atoms with Crippen molar-refractivity contribution in [3.63, 3.8) is 0 Å². The highest BCUT2D eigenvalue weighted by Gasteiger charge is 2.24. The maximum absolute atomic E-state index is 12.2. The van der Waals surface area contributed by atoms with Gasteiger partial charge in [-0.2, -0.15) is 0 Å². The molecule has 3 nitrogen and oxygen atoms in total. The molecule has 1 heterocycles. The molecule has 0 spiro atoms. The lowest BCUT2D eigenvalue weighted by Crippen LogP contribution is -2.29. The summed E-state index contributed by atoms with van der Waals surface area (Å²) in [5.41, 5.74) is 0.889. The van der Waals surface area contributed by atoms with Crippen LogP contribution in [0.5, 0.6) is 0 Å². The standard InChI is InChI=1S/C12H18BrClN2O/c1-2-15-10(8-13)11(14)12(17)16(15)9-6-4-3-5-7-9/h9H,2-8H2,1H3. The molecule has 1 aliphatic rings. The van der Waals surface area contributed by atoms with Crippen molar-refractivity contribution in [2.45, 2.75) is 56.9 Å². The normalized spacial score (nSPS) is 17.6. The Morgan fingerprint density at radius 3 is 2.53 bits per heavy atom. The average molecular weight is 322 g/mol. The predicted octanol–water partition coefficient (Wildman–Crippen LogP) is 3.72. The Labute approximate surface area is 115 Å². The summed E-state index contributed by atoms with van der Waals surface area (Å²) in [7, 11) is 0. The van der Waals surface area contributed by atoms with Crippen molar-refractivity contribution in [2.24, 2.45) is 0 Å². The second-order valence-electron chi connectivity index (χ2n) is 4.55. The van der Waals surface area contributed by atoms with E-state index in [2.05, 4.69) is 22.9 Å². The minimum absolute atomic E-state index is 0.0186. The lowest BCUT2D eigenvalue weighted by molar-refractivity contribution is 0.283. The number of halogens is 2. The van der Waals surface area contributed by atoms with E-state index in [4.69, 9.17) is 11.6 Å². The predicted molar refractivity (Wildman–Crippen MR) is 74.1 cm³/mol. The van der Waals surface area contributed by atoms with Crippen molar-refractivity contribution in [3.8, 4) is 0 Å². The molecular weight excluding hydrogens is 304 g/mol. The molecule has 0 saturated heterocycles. The van der Waals surface area contributed by atoms with Crippen molar-refractivity contribution in [1.82, 2.24) is 9.36 Å². The Balaban J connectivity index is 2.47. The number of hydrogen-bond donors (Lipinski definition) is 0. The van der Waals surface area contributed by atoms with Crippen molar-refractivity contribution in [2.75, 3.05) is 0 Å². The molecule has 0 atom stereocenters. The van der Waals surface area contributed by atoms with Gasteiger partial charge in [0.2, 0.25) is 0 Å². The van der Waals surface area contributed by atoms with Gasteiger partial charge < -0.3 is 0 Å². The number of hydrogen-bond acceptors (Lipinski definition) is 1. The van der Waals surface area contributed by atoms with Gasteiger partial charge in [-0.05, 0) is 19.8 Å². The molecular formula is C12H18BrClN2O. The topological polar surface area (TPSA) is 26.9 Å². The molecule has 2 rings (SSSR count). The minimum atomic E-state index is -0.0186. The summed E-state index contributed by atoms with van der Waals surface area (Å²) in [6, 6.07) is 0.335. The van der Waals surface area contributed by atoms with Crippen LogP contribution in [0, 0.1) is 0 Å². The fraction of sp³-hybridized carbons (Fsp3) is 0.750. The molecule has 0 N–H and O–H groups in total. The first-order valence-electron chi connectivity index (χ1n) is 6.26. The fourth-order valence-corrected chi connectivity index (χ4v) is 3.72. The van der Waals surface area contributed by atoms with Gasteiger partial charge in [0.25, 0.3) is 5.56 Å². The zero-order chi connectivity index (χ0) is 12.4. The molecule has 1 aliphatic carbocycles. The van der Waals surface area contributed by atoms with Gasteiger partial charge in [0.05, 0.1) is 11.7 Å². The van der Waals surface area contributed by atoms with E-state index in [0.717, 1.165) is 25.1 Å². The first kappa shape index (κ1) is 13.2. The summed E-state index contributed by atoms with van der Waals surface area (Å²) in [5, 5.41) is 1.02. The van der Waals surface area contributed by atoms with Crippen LogP contribution in [-0.4, -0.2) is 9.36 Å². The molecule has 5 heteroatoms. The van der Waals surface area contributed by atoms with Crippen LogP contribution in [0.25, 0.3) is 0 Å². The fourth-order valence-electron chi connectivity index (χ4n) is 2.74. The smallest absolute Gasteiger partial charge is 0.284 e. The Bertz CT molecular complexity index is 446. The summed E-state index contributed by atoms with van der Waals surface area (Å²) < 4.78 is 3.92. The monoisotopic (exact) mass is 320 g/mol. The number of aromatic nitrogens is 2. The van der Waals surface area contributed by atoms with Crippen LogP contribution in [0.15, 0.2) is 4.79 Å². The lowest BCUT2D eigenvalue weighted by atomic mass is 9.96. The van der Waals surface area contributed by atoms with Gasteiger partial charge >= 0.3 is 0 Å². The van der Waals surface area contributed by atoms with Gasteiger partial charge in [-0.3, -0.25) is 9.48 Å². The van der Waals surface area contributed by atoms with Gasteiger partial charge in [0.15, 0.2) is 0 Å². The first-order chi connectivity index (χ1) is 8.20. The molecule has 1 aromatic heterocycles. The van der Waals surface area contributed by atoms with Gasteiger partial charge in [-0.25, -0.2) is 4.68 Å². The molecule has 1 saturated carbocycles. The van der Waals surface area contributed by atoms with E-state index >= 15 is 0 Å². The van der Waals surface area contributed by atoms with E-state index in [1.165, 1.54) is 19.3 Å². The third-order valence-corrected chi connectivity index (χ3v) is 4.48. The van der Waals surface area contributed by atoms with Crippen molar-refractivity contribution >= 4 is 27.5 Å². The SMILES string of the molecule is CCn1c(CBr)c(Cl)c(=O)n1C1CCCCC1. The van der Waals surface area contributed by atoms with Gasteiger partial charge in [-0.1, -0.05) is 46.8 Å². The van der Waals surface area contributed by atoms with E-state index in [-0.39, 0.29) is 5.56 Å². The molecule has 96 valence electrons. The molecule has 0 aliphatic heterocycles. The van der Waals surface area contributed by atoms with Crippen LogP contribution in [0.4, 0.5) is 0 Å². The zero-order valence-electron chi connectivity index (χ0n) is 10.1. The number of rotatable bonds is 3. The Morgan fingerprint density at radius 1 is 1.35 bits per heavy atom. The molecule has 0 amide bonds. The van der Waals surface area contributed by atoms with Crippen LogP contribution in [-0.2, 0) is 11.9 Å². The maximum atomic E-state index is 12.2. The summed E-state index contributed by atoms with van der Waals surface area (Å²) in [5.74, 6) is 0. The zero-order valence-corrected chi connectivity index (χ0v) is 12.4. The van der Waals surface area contributed by atoms with Crippen LogP contribution in [0.1, 0.15) is 50.8 Å². The molecule has 17 heavy (non-hydrogen) atoms. The molecule has 0 unspecified atom stereocenters. The largest absolute Gasteiger partial charge is 0.286 e. The highest BCUT2D eigenvalue weighted by molar-refractivity contribution is 9.08. The van der Waals surface area contributed by atoms with Crippen LogP contribution in [0.3, 0.4) is 0 Å². The van der Waals surface area contributed by atoms with E-state index in [9.17, 15) is 4.79 Å². The Morgan fingerprint density at radius 2 is 2.00 bits per heavy atom. The quantitative estimate of drug-likeness (QED) is 0.779. The highest BCUT2D eigenvalue weighted by atomic mass is 79.9. The molecule has 0 aromatic carbocycles. The first-order valence-corrected chi connectivity index (χ1v) is 7.76. The number of alkyl halides is 1. The van der Waals surface area contributed by atoms with Gasteiger partial charge in [0.1, 0.15) is 5.02 Å². The average Bonchev–Trinajstić information content (AvgIpc) is 2.62. The van der Waals surface area contributed by atoms with Crippen LogP contribution in [0.2, 0.25) is 5.02 Å². The minimum Gasteiger partial charge on any atom is -0.284 e. The molecule has 1 fully saturated rings. The van der Waals surface area contributed by atoms with E-state index in [1.807, 2.05) is 9.36 Å². The molecule has 0 radical (unpaired) electrons. The van der Waals surface area contributed by atoms with Gasteiger partial charge in [0, 0.05) is 11.9 Å². The summed E-state index contributed by atoms with van der Waals surface area (Å²) >= 11 is 9.55. The van der Waals surface area contributed by atoms with E-state index < -0.39 is 0 Å². The lowest BCUT2D eigenvalue weighted by Gasteiger charge is -2.25. The third kappa shape index (κ3) is 2.34. The Hall–Kier alpha value is -0.220. The summed E-state index contributed by atoms with van der Waals surface area (Å²) in [6.07, 6.45) is 5.92. The van der Waals surface area contributed by atoms with Crippen LogP contribution >= 0.6 is 27.5 Å². The highest BCUT2D eigenvalue weighted by Crippen LogP contribution is 2.29. The summed E-state index contributed by atoms with van der Waals surface area (Å²) in [6.45, 7) is 2.85. The third-order valence-electron chi connectivity index (χ3n) is 3.57. The Kier molecular flexibility index (Phi) is 4.36. The van der Waals surface area contributed by atoms with E-state index in [1.54, 1.807) is 0 Å². The van der Waals surface area contributed by atoms with Gasteiger partial charge in [-0.15, -0.1) is 0 Å². The van der Waals surface area contributed by atoms with E-state index in [0.29, 0.717) is 16.4 Å².